The average Bonchev–Trinajstić information content (AvgIpc) is 2.59. The van der Waals surface area contributed by atoms with Crippen LogP contribution in [0.4, 0.5) is 4.39 Å². The molecule has 0 radical (unpaired) electrons. The topological polar surface area (TPSA) is 47.6 Å². The number of benzene rings is 2. The van der Waals surface area contributed by atoms with Crippen molar-refractivity contribution < 1.29 is 18.7 Å². The molecule has 0 atom stereocenters. The minimum Gasteiger partial charge on any atom is -0.490 e. The van der Waals surface area contributed by atoms with Gasteiger partial charge < -0.3 is 14.8 Å². The van der Waals surface area contributed by atoms with Gasteiger partial charge in [-0.15, -0.1) is 0 Å². The number of nitrogens with one attached hydrogen (secondary N) is 1. The van der Waals surface area contributed by atoms with Crippen molar-refractivity contribution in [2.45, 2.75) is 20.3 Å². The zero-order valence-corrected chi connectivity index (χ0v) is 15.0. The summed E-state index contributed by atoms with van der Waals surface area (Å²) in [7, 11) is 0. The molecule has 0 unspecified atom stereocenters. The molecule has 134 valence electrons. The van der Waals surface area contributed by atoms with Crippen LogP contribution in [-0.4, -0.2) is 25.7 Å². The summed E-state index contributed by atoms with van der Waals surface area (Å²) in [5.74, 6) is 0.282. The van der Waals surface area contributed by atoms with Crippen LogP contribution in [0.1, 0.15) is 29.8 Å². The standard InChI is InChI=1S/C19H21ClFNO3/c1-3-24-17-8-5-13(11-18(17)25-4-2)9-10-22-19(23)15-12-14(20)6-7-16(15)21/h5-8,11-12H,3-4,9-10H2,1-2H3,(H,22,23). The van der Waals surface area contributed by atoms with E-state index in [1.807, 2.05) is 32.0 Å². The molecule has 0 saturated carbocycles. The first-order valence-corrected chi connectivity index (χ1v) is 8.54. The molecule has 0 aliphatic heterocycles. The van der Waals surface area contributed by atoms with Crippen molar-refractivity contribution in [3.8, 4) is 11.5 Å². The number of hydrogen-bond donors (Lipinski definition) is 1. The summed E-state index contributed by atoms with van der Waals surface area (Å²) in [4.78, 5) is 12.1. The molecule has 1 amide bonds. The normalized spacial score (nSPS) is 10.4. The first kappa shape index (κ1) is 19.1. The lowest BCUT2D eigenvalue weighted by atomic mass is 10.1. The molecule has 0 spiro atoms. The largest absolute Gasteiger partial charge is 0.490 e. The van der Waals surface area contributed by atoms with Gasteiger partial charge in [0.25, 0.3) is 5.91 Å². The van der Waals surface area contributed by atoms with Crippen LogP contribution in [0.2, 0.25) is 5.02 Å². The number of ether oxygens (including phenoxy) is 2. The summed E-state index contributed by atoms with van der Waals surface area (Å²) in [5.41, 5.74) is 0.924. The van der Waals surface area contributed by atoms with Gasteiger partial charge >= 0.3 is 0 Å². The Balaban J connectivity index is 1.98. The van der Waals surface area contributed by atoms with Crippen LogP contribution in [0.15, 0.2) is 36.4 Å². The number of rotatable bonds is 8. The summed E-state index contributed by atoms with van der Waals surface area (Å²) in [5, 5.41) is 3.02. The molecule has 4 nitrogen and oxygen atoms in total. The predicted octanol–water partition coefficient (Wildman–Crippen LogP) is 4.25. The van der Waals surface area contributed by atoms with Crippen molar-refractivity contribution in [1.29, 1.82) is 0 Å². The SMILES string of the molecule is CCOc1ccc(CCNC(=O)c2cc(Cl)ccc2F)cc1OCC. The fraction of sp³-hybridized carbons (Fsp3) is 0.316. The van der Waals surface area contributed by atoms with E-state index in [0.29, 0.717) is 42.7 Å². The van der Waals surface area contributed by atoms with Crippen molar-refractivity contribution in [2.24, 2.45) is 0 Å². The van der Waals surface area contributed by atoms with Crippen LogP contribution < -0.4 is 14.8 Å². The van der Waals surface area contributed by atoms with E-state index in [9.17, 15) is 9.18 Å². The lowest BCUT2D eigenvalue weighted by Gasteiger charge is -2.13. The van der Waals surface area contributed by atoms with E-state index in [2.05, 4.69) is 5.32 Å². The first-order valence-electron chi connectivity index (χ1n) is 8.17. The summed E-state index contributed by atoms with van der Waals surface area (Å²) in [6.45, 7) is 5.27. The molecule has 0 heterocycles. The third-order valence-corrected chi connectivity index (χ3v) is 3.72. The van der Waals surface area contributed by atoms with Crippen LogP contribution in [0.5, 0.6) is 11.5 Å². The Morgan fingerprint density at radius 3 is 2.52 bits per heavy atom. The number of amides is 1. The van der Waals surface area contributed by atoms with E-state index >= 15 is 0 Å². The third-order valence-electron chi connectivity index (χ3n) is 3.48. The first-order chi connectivity index (χ1) is 12.0. The van der Waals surface area contributed by atoms with Crippen molar-refractivity contribution in [3.05, 3.63) is 58.4 Å². The number of hydrogen-bond acceptors (Lipinski definition) is 3. The number of carbonyl (C=O) groups is 1. The van der Waals surface area contributed by atoms with Gasteiger partial charge in [0.05, 0.1) is 18.8 Å². The highest BCUT2D eigenvalue weighted by Gasteiger charge is 2.12. The maximum Gasteiger partial charge on any atom is 0.254 e. The van der Waals surface area contributed by atoms with E-state index < -0.39 is 11.7 Å². The fourth-order valence-corrected chi connectivity index (χ4v) is 2.51. The minimum absolute atomic E-state index is 0.0609. The zero-order valence-electron chi connectivity index (χ0n) is 14.3. The second kappa shape index (κ2) is 9.28. The molecule has 0 bridgehead atoms. The number of carbonyl (C=O) groups excluding carboxylic acids is 1. The minimum atomic E-state index is -0.596. The zero-order chi connectivity index (χ0) is 18.2. The van der Waals surface area contributed by atoms with Gasteiger partial charge in [0.15, 0.2) is 11.5 Å². The molecular formula is C19H21ClFNO3. The maximum absolute atomic E-state index is 13.7. The molecule has 2 rings (SSSR count). The van der Waals surface area contributed by atoms with Gasteiger partial charge in [0.2, 0.25) is 0 Å². The van der Waals surface area contributed by atoms with Gasteiger partial charge in [-0.2, -0.15) is 0 Å². The molecule has 25 heavy (non-hydrogen) atoms. The van der Waals surface area contributed by atoms with E-state index in [1.165, 1.54) is 18.2 Å². The maximum atomic E-state index is 13.7. The second-order valence-corrected chi connectivity index (χ2v) is 5.71. The Kier molecular flexibility index (Phi) is 7.07. The Hall–Kier alpha value is -2.27. The van der Waals surface area contributed by atoms with E-state index in [0.717, 1.165) is 5.56 Å². The highest BCUT2D eigenvalue weighted by atomic mass is 35.5. The van der Waals surface area contributed by atoms with Gasteiger partial charge in [0, 0.05) is 11.6 Å². The smallest absolute Gasteiger partial charge is 0.254 e. The Labute approximate surface area is 151 Å². The molecule has 1 N–H and O–H groups in total. The average molecular weight is 366 g/mol. The van der Waals surface area contributed by atoms with Gasteiger partial charge in [0.1, 0.15) is 5.82 Å². The van der Waals surface area contributed by atoms with Crippen molar-refractivity contribution in [2.75, 3.05) is 19.8 Å². The molecule has 0 aliphatic carbocycles. The monoisotopic (exact) mass is 365 g/mol. The molecule has 2 aromatic carbocycles. The Morgan fingerprint density at radius 2 is 1.80 bits per heavy atom. The molecule has 2 aromatic rings. The molecule has 0 aliphatic rings. The van der Waals surface area contributed by atoms with Crippen molar-refractivity contribution in [1.82, 2.24) is 5.32 Å². The van der Waals surface area contributed by atoms with Gasteiger partial charge in [-0.3, -0.25) is 4.79 Å². The summed E-state index contributed by atoms with van der Waals surface area (Å²) in [6, 6.07) is 9.56. The number of halogens is 2. The van der Waals surface area contributed by atoms with Crippen molar-refractivity contribution in [3.63, 3.8) is 0 Å². The highest BCUT2D eigenvalue weighted by Crippen LogP contribution is 2.28. The highest BCUT2D eigenvalue weighted by molar-refractivity contribution is 6.31. The fourth-order valence-electron chi connectivity index (χ4n) is 2.34. The molecular weight excluding hydrogens is 345 g/mol. The van der Waals surface area contributed by atoms with E-state index in [-0.39, 0.29) is 5.56 Å². The van der Waals surface area contributed by atoms with Crippen LogP contribution in [0.25, 0.3) is 0 Å². The summed E-state index contributed by atoms with van der Waals surface area (Å²) in [6.07, 6.45) is 0.584. The predicted molar refractivity (Wildman–Crippen MR) is 96.2 cm³/mol. The van der Waals surface area contributed by atoms with Crippen LogP contribution in [0, 0.1) is 5.82 Å². The Bertz CT molecular complexity index is 737. The second-order valence-electron chi connectivity index (χ2n) is 5.28. The van der Waals surface area contributed by atoms with Crippen molar-refractivity contribution >= 4 is 17.5 Å². The van der Waals surface area contributed by atoms with Crippen LogP contribution in [-0.2, 0) is 6.42 Å². The molecule has 0 fully saturated rings. The summed E-state index contributed by atoms with van der Waals surface area (Å²) >= 11 is 5.81. The lowest BCUT2D eigenvalue weighted by molar-refractivity contribution is 0.0950. The van der Waals surface area contributed by atoms with Gasteiger partial charge in [-0.05, 0) is 56.2 Å². The quantitative estimate of drug-likeness (QED) is 0.760. The lowest BCUT2D eigenvalue weighted by Crippen LogP contribution is -2.26. The summed E-state index contributed by atoms with van der Waals surface area (Å²) < 4.78 is 24.8. The van der Waals surface area contributed by atoms with Gasteiger partial charge in [-0.1, -0.05) is 17.7 Å². The van der Waals surface area contributed by atoms with Crippen LogP contribution in [0.3, 0.4) is 0 Å². The Morgan fingerprint density at radius 1 is 1.08 bits per heavy atom. The van der Waals surface area contributed by atoms with Crippen LogP contribution >= 0.6 is 11.6 Å². The van der Waals surface area contributed by atoms with E-state index in [1.54, 1.807) is 0 Å². The third kappa shape index (κ3) is 5.36. The van der Waals surface area contributed by atoms with E-state index in [4.69, 9.17) is 21.1 Å². The van der Waals surface area contributed by atoms with Gasteiger partial charge in [-0.25, -0.2) is 4.39 Å². The molecule has 0 saturated heterocycles. The molecule has 0 aromatic heterocycles. The molecule has 6 heteroatoms.